The molecule has 29 heavy (non-hydrogen) atoms. The van der Waals surface area contributed by atoms with Gasteiger partial charge in [0.15, 0.2) is 6.61 Å². The number of likely N-dealkylation sites (tertiary alicyclic amines) is 1. The monoisotopic (exact) mass is 404 g/mol. The Balaban J connectivity index is 1.55. The molecule has 1 saturated carbocycles. The summed E-state index contributed by atoms with van der Waals surface area (Å²) < 4.78 is 18.9. The number of amides is 3. The molecule has 1 aliphatic heterocycles. The predicted molar refractivity (Wildman–Crippen MR) is 98.2 cm³/mol. The van der Waals surface area contributed by atoms with Crippen molar-refractivity contribution >= 4 is 35.2 Å². The van der Waals surface area contributed by atoms with E-state index in [0.29, 0.717) is 12.8 Å². The van der Waals surface area contributed by atoms with Gasteiger partial charge in [-0.05, 0) is 31.0 Å². The number of imide groups is 1. The number of nitrogens with one attached hydrogen (secondary N) is 1. The normalized spacial score (nSPS) is 21.0. The fourth-order valence-corrected chi connectivity index (χ4v) is 3.81. The van der Waals surface area contributed by atoms with Gasteiger partial charge in [-0.15, -0.1) is 0 Å². The minimum Gasteiger partial charge on any atom is -0.456 e. The molecule has 154 valence electrons. The van der Waals surface area contributed by atoms with Gasteiger partial charge in [-0.25, -0.2) is 4.39 Å². The van der Waals surface area contributed by atoms with E-state index in [4.69, 9.17) is 4.74 Å². The molecule has 2 aliphatic rings. The Morgan fingerprint density at radius 1 is 1.14 bits per heavy atom. The van der Waals surface area contributed by atoms with Crippen molar-refractivity contribution < 1.29 is 33.1 Å². The maximum atomic E-state index is 14.1. The van der Waals surface area contributed by atoms with Gasteiger partial charge in [0.05, 0.1) is 17.4 Å². The molecule has 0 aromatic heterocycles. The van der Waals surface area contributed by atoms with Gasteiger partial charge >= 0.3 is 5.97 Å². The minimum absolute atomic E-state index is 0.191. The third-order valence-electron chi connectivity index (χ3n) is 5.17. The first-order valence-corrected chi connectivity index (χ1v) is 9.39. The highest BCUT2D eigenvalue weighted by atomic mass is 19.1. The Kier molecular flexibility index (Phi) is 6.05. The van der Waals surface area contributed by atoms with Crippen LogP contribution in [0.25, 0.3) is 0 Å². The van der Waals surface area contributed by atoms with Crippen molar-refractivity contribution in [2.75, 3.05) is 18.5 Å². The van der Waals surface area contributed by atoms with Gasteiger partial charge in [0, 0.05) is 12.6 Å². The molecule has 2 fully saturated rings. The van der Waals surface area contributed by atoms with Gasteiger partial charge in [0.25, 0.3) is 0 Å². The zero-order chi connectivity index (χ0) is 21.1. The number of fused-ring (bicyclic) bond motifs is 1. The molecule has 1 aromatic rings. The van der Waals surface area contributed by atoms with E-state index in [1.807, 2.05) is 0 Å². The van der Waals surface area contributed by atoms with Crippen molar-refractivity contribution in [1.82, 2.24) is 4.90 Å². The molecule has 0 radical (unpaired) electrons. The standard InChI is InChI=1S/C20H21FN2O6/c1-11(24)22-12-6-7-15(16(21)8-12)17(25)10-29-18(26)9-23-19(27)13-4-2-3-5-14(13)20(23)28/h6-8,13-14H,2-5,9-10H2,1H3,(H,22,24)/t13-,14-/m1/s1. The quantitative estimate of drug-likeness (QED) is 0.439. The van der Waals surface area contributed by atoms with Gasteiger partial charge < -0.3 is 10.1 Å². The number of esters is 1. The molecule has 1 heterocycles. The molecule has 3 amide bonds. The van der Waals surface area contributed by atoms with E-state index >= 15 is 0 Å². The van der Waals surface area contributed by atoms with Crippen LogP contribution in [0.1, 0.15) is 43.0 Å². The van der Waals surface area contributed by atoms with Crippen LogP contribution in [0.2, 0.25) is 0 Å². The van der Waals surface area contributed by atoms with Crippen LogP contribution in [0, 0.1) is 17.7 Å². The maximum Gasteiger partial charge on any atom is 0.326 e. The number of ether oxygens (including phenoxy) is 1. The number of hydrogen-bond donors (Lipinski definition) is 1. The first-order valence-electron chi connectivity index (χ1n) is 9.39. The minimum atomic E-state index is -0.908. The first-order chi connectivity index (χ1) is 13.8. The van der Waals surface area contributed by atoms with E-state index in [-0.39, 0.29) is 40.8 Å². The number of hydrogen-bond acceptors (Lipinski definition) is 6. The fraction of sp³-hybridized carbons (Fsp3) is 0.450. The Bertz CT molecular complexity index is 860. The summed E-state index contributed by atoms with van der Waals surface area (Å²) in [6, 6.07) is 3.51. The second-order valence-corrected chi connectivity index (χ2v) is 7.22. The van der Waals surface area contributed by atoms with Crippen LogP contribution in [-0.4, -0.2) is 47.5 Å². The summed E-state index contributed by atoms with van der Waals surface area (Å²) in [5, 5.41) is 2.39. The highest BCUT2D eigenvalue weighted by Gasteiger charge is 2.48. The van der Waals surface area contributed by atoms with Gasteiger partial charge in [-0.1, -0.05) is 12.8 Å². The topological polar surface area (TPSA) is 110 Å². The molecule has 1 aromatic carbocycles. The molecule has 2 atom stereocenters. The number of anilines is 1. The van der Waals surface area contributed by atoms with Crippen molar-refractivity contribution in [1.29, 1.82) is 0 Å². The Labute approximate surface area is 166 Å². The lowest BCUT2D eigenvalue weighted by Gasteiger charge is -2.19. The van der Waals surface area contributed by atoms with E-state index < -0.39 is 30.7 Å². The Hall–Kier alpha value is -3.10. The summed E-state index contributed by atoms with van der Waals surface area (Å²) in [6.45, 7) is -0.0125. The van der Waals surface area contributed by atoms with Crippen molar-refractivity contribution in [3.8, 4) is 0 Å². The van der Waals surface area contributed by atoms with Crippen LogP contribution in [0.4, 0.5) is 10.1 Å². The molecule has 3 rings (SSSR count). The number of Topliss-reactive ketones (excluding diaryl/α,β-unsaturated/α-hetero) is 1. The molecule has 8 nitrogen and oxygen atoms in total. The number of rotatable bonds is 6. The van der Waals surface area contributed by atoms with Crippen LogP contribution in [0.15, 0.2) is 18.2 Å². The molecule has 1 aliphatic carbocycles. The zero-order valence-corrected chi connectivity index (χ0v) is 15.9. The molecule has 1 saturated heterocycles. The zero-order valence-electron chi connectivity index (χ0n) is 15.9. The molecular formula is C20H21FN2O6. The summed E-state index contributed by atoms with van der Waals surface area (Å²) >= 11 is 0. The van der Waals surface area contributed by atoms with Crippen molar-refractivity contribution in [3.63, 3.8) is 0 Å². The number of halogens is 1. The summed E-state index contributed by atoms with van der Waals surface area (Å²) in [6.07, 6.45) is 3.01. The lowest BCUT2D eigenvalue weighted by Crippen LogP contribution is -2.37. The van der Waals surface area contributed by atoms with Gasteiger partial charge in [0.1, 0.15) is 12.4 Å². The molecule has 0 unspecified atom stereocenters. The van der Waals surface area contributed by atoms with E-state index in [9.17, 15) is 28.4 Å². The van der Waals surface area contributed by atoms with E-state index in [2.05, 4.69) is 5.32 Å². The SMILES string of the molecule is CC(=O)Nc1ccc(C(=O)COC(=O)CN2C(=O)[C@@H]3CCCC[C@H]3C2=O)c(F)c1. The maximum absolute atomic E-state index is 14.1. The van der Waals surface area contributed by atoms with E-state index in [0.717, 1.165) is 23.8 Å². The van der Waals surface area contributed by atoms with E-state index in [1.54, 1.807) is 0 Å². The van der Waals surface area contributed by atoms with Crippen molar-refractivity contribution in [2.45, 2.75) is 32.6 Å². The van der Waals surface area contributed by atoms with Crippen molar-refractivity contribution in [2.24, 2.45) is 11.8 Å². The van der Waals surface area contributed by atoms with Gasteiger partial charge in [0.2, 0.25) is 23.5 Å². The smallest absolute Gasteiger partial charge is 0.326 e. The summed E-state index contributed by atoms with van der Waals surface area (Å²) in [5.74, 6) is -4.43. The Morgan fingerprint density at radius 3 is 2.31 bits per heavy atom. The van der Waals surface area contributed by atoms with Gasteiger partial charge in [-0.2, -0.15) is 0 Å². The molecule has 9 heteroatoms. The number of nitrogens with zero attached hydrogens (tertiary/aromatic N) is 1. The number of ketones is 1. The van der Waals surface area contributed by atoms with Crippen molar-refractivity contribution in [3.05, 3.63) is 29.6 Å². The second kappa shape index (κ2) is 8.50. The highest BCUT2D eigenvalue weighted by molar-refractivity contribution is 6.07. The number of carbonyl (C=O) groups excluding carboxylic acids is 5. The highest BCUT2D eigenvalue weighted by Crippen LogP contribution is 2.37. The fourth-order valence-electron chi connectivity index (χ4n) is 3.81. The second-order valence-electron chi connectivity index (χ2n) is 7.22. The number of carbonyl (C=O) groups is 5. The van der Waals surface area contributed by atoms with Crippen LogP contribution in [0.3, 0.4) is 0 Å². The average Bonchev–Trinajstić information content (AvgIpc) is 2.91. The number of benzene rings is 1. The van der Waals surface area contributed by atoms with E-state index in [1.165, 1.54) is 19.1 Å². The third-order valence-corrected chi connectivity index (χ3v) is 5.17. The van der Waals surface area contributed by atoms with Crippen LogP contribution < -0.4 is 5.32 Å². The van der Waals surface area contributed by atoms with Crippen LogP contribution in [-0.2, 0) is 23.9 Å². The molecule has 1 N–H and O–H groups in total. The Morgan fingerprint density at radius 2 is 1.76 bits per heavy atom. The van der Waals surface area contributed by atoms with Gasteiger partial charge in [-0.3, -0.25) is 28.9 Å². The molecule has 0 bridgehead atoms. The summed E-state index contributed by atoms with van der Waals surface area (Å²) in [4.78, 5) is 60.7. The largest absolute Gasteiger partial charge is 0.456 e. The predicted octanol–water partition coefficient (Wildman–Crippen LogP) is 1.69. The third kappa shape index (κ3) is 4.49. The molecular weight excluding hydrogens is 383 g/mol. The van der Waals surface area contributed by atoms with Crippen LogP contribution in [0.5, 0.6) is 0 Å². The van der Waals surface area contributed by atoms with Crippen LogP contribution >= 0.6 is 0 Å². The summed E-state index contributed by atoms with van der Waals surface area (Å²) in [7, 11) is 0. The summed E-state index contributed by atoms with van der Waals surface area (Å²) in [5.41, 5.74) is -0.109. The lowest BCUT2D eigenvalue weighted by atomic mass is 9.81. The lowest BCUT2D eigenvalue weighted by molar-refractivity contribution is -0.152. The molecule has 0 spiro atoms. The average molecular weight is 404 g/mol. The first kappa shape index (κ1) is 20.6.